The van der Waals surface area contributed by atoms with Gasteiger partial charge >= 0.3 is 0 Å². The molecule has 0 bridgehead atoms. The molecule has 1 aromatic rings. The molecule has 0 aromatic carbocycles. The third-order valence-corrected chi connectivity index (χ3v) is 1.23. The number of hydrogen-bond acceptors (Lipinski definition) is 4. The van der Waals surface area contributed by atoms with Gasteiger partial charge in [-0.1, -0.05) is 0 Å². The molecule has 0 radical (unpaired) electrons. The second-order valence-electron chi connectivity index (χ2n) is 2.16. The molecule has 8 heteroatoms. The Morgan fingerprint density at radius 2 is 2.38 bits per heavy atom. The molecule has 13 heavy (non-hydrogen) atoms. The summed E-state index contributed by atoms with van der Waals surface area (Å²) in [5, 5.41) is 7.46. The molecule has 0 aliphatic carbocycles. The van der Waals surface area contributed by atoms with Crippen LogP contribution in [0.2, 0.25) is 0 Å². The molecule has 0 unspecified atom stereocenters. The molecule has 0 saturated heterocycles. The van der Waals surface area contributed by atoms with Gasteiger partial charge in [-0.2, -0.15) is 9.90 Å². The highest BCUT2D eigenvalue weighted by Crippen LogP contribution is 1.87. The monoisotopic (exact) mass is 200 g/mol. The van der Waals surface area contributed by atoms with E-state index in [9.17, 15) is 4.79 Å². The van der Waals surface area contributed by atoms with Crippen molar-refractivity contribution in [3.05, 3.63) is 11.9 Å². The number of carbonyl (C=O) groups is 1. The van der Waals surface area contributed by atoms with Crippen LogP contribution >= 0.6 is 12.2 Å². The quantitative estimate of drug-likeness (QED) is 0.369. The molecule has 0 aliphatic rings. The predicted octanol–water partition coefficient (Wildman–Crippen LogP) is -1.71. The standard InChI is InChI=1S/C5H8N6OS/c1-11-7-2-3(10-11)4(12)8-9-5(6)13/h2H,1H3,(H,8,12)(H3,6,9,13). The first-order chi connectivity index (χ1) is 6.09. The van der Waals surface area contributed by atoms with Gasteiger partial charge in [-0.25, -0.2) is 0 Å². The maximum absolute atomic E-state index is 11.2. The van der Waals surface area contributed by atoms with E-state index in [1.54, 1.807) is 7.05 Å². The molecule has 1 rings (SSSR count). The van der Waals surface area contributed by atoms with E-state index in [2.05, 4.69) is 33.3 Å². The maximum Gasteiger partial charge on any atom is 0.291 e. The second-order valence-corrected chi connectivity index (χ2v) is 2.60. The highest BCUT2D eigenvalue weighted by Gasteiger charge is 2.08. The number of hydrazine groups is 1. The van der Waals surface area contributed by atoms with Crippen molar-refractivity contribution in [3.8, 4) is 0 Å². The highest BCUT2D eigenvalue weighted by molar-refractivity contribution is 7.80. The van der Waals surface area contributed by atoms with Crippen LogP contribution in [0, 0.1) is 0 Å². The van der Waals surface area contributed by atoms with Crippen molar-refractivity contribution in [2.45, 2.75) is 0 Å². The fourth-order valence-electron chi connectivity index (χ4n) is 0.632. The van der Waals surface area contributed by atoms with Gasteiger partial charge in [-0.05, 0) is 12.2 Å². The summed E-state index contributed by atoms with van der Waals surface area (Å²) in [5.41, 5.74) is 9.80. The molecular weight excluding hydrogens is 192 g/mol. The minimum Gasteiger partial charge on any atom is -0.375 e. The van der Waals surface area contributed by atoms with E-state index in [0.29, 0.717) is 0 Å². The summed E-state index contributed by atoms with van der Waals surface area (Å²) in [4.78, 5) is 12.4. The van der Waals surface area contributed by atoms with Gasteiger partial charge < -0.3 is 5.73 Å². The summed E-state index contributed by atoms with van der Waals surface area (Å²) < 4.78 is 0. The minimum atomic E-state index is -0.444. The van der Waals surface area contributed by atoms with Crippen LogP contribution in [-0.4, -0.2) is 26.0 Å². The van der Waals surface area contributed by atoms with Gasteiger partial charge in [0.1, 0.15) is 0 Å². The molecular formula is C5H8N6OS. The fraction of sp³-hybridized carbons (Fsp3) is 0.200. The van der Waals surface area contributed by atoms with Crippen LogP contribution in [0.15, 0.2) is 6.20 Å². The van der Waals surface area contributed by atoms with E-state index in [0.717, 1.165) is 0 Å². The first-order valence-corrected chi connectivity index (χ1v) is 3.72. The van der Waals surface area contributed by atoms with Crippen molar-refractivity contribution >= 4 is 23.2 Å². The molecule has 1 amide bonds. The molecule has 1 heterocycles. The van der Waals surface area contributed by atoms with Crippen LogP contribution in [0.5, 0.6) is 0 Å². The lowest BCUT2D eigenvalue weighted by Crippen LogP contribution is -2.44. The number of hydrogen-bond donors (Lipinski definition) is 3. The van der Waals surface area contributed by atoms with Gasteiger partial charge in [0.15, 0.2) is 10.8 Å². The van der Waals surface area contributed by atoms with E-state index in [4.69, 9.17) is 5.73 Å². The first kappa shape index (κ1) is 9.39. The van der Waals surface area contributed by atoms with E-state index in [1.807, 2.05) is 0 Å². The van der Waals surface area contributed by atoms with Gasteiger partial charge in [-0.15, -0.1) is 5.10 Å². The van der Waals surface area contributed by atoms with Crippen molar-refractivity contribution in [3.63, 3.8) is 0 Å². The number of nitrogens with two attached hydrogens (primary N) is 1. The van der Waals surface area contributed by atoms with Gasteiger partial charge in [0.25, 0.3) is 5.91 Å². The van der Waals surface area contributed by atoms with Crippen LogP contribution in [0.3, 0.4) is 0 Å². The molecule has 0 aliphatic heterocycles. The Labute approximate surface area is 79.3 Å². The SMILES string of the molecule is Cn1ncc(C(=O)NNC(N)=S)n1. The van der Waals surface area contributed by atoms with E-state index in [-0.39, 0.29) is 10.8 Å². The average Bonchev–Trinajstić information content (AvgIpc) is 2.47. The number of thiocarbonyl (C=S) groups is 1. The van der Waals surface area contributed by atoms with E-state index < -0.39 is 5.91 Å². The summed E-state index contributed by atoms with van der Waals surface area (Å²) >= 11 is 4.48. The maximum atomic E-state index is 11.2. The van der Waals surface area contributed by atoms with Gasteiger partial charge in [0, 0.05) is 7.05 Å². The Morgan fingerprint density at radius 1 is 1.69 bits per heavy atom. The fourth-order valence-corrected chi connectivity index (χ4v) is 0.683. The number of carbonyl (C=O) groups excluding carboxylic acids is 1. The Hall–Kier alpha value is -1.70. The summed E-state index contributed by atoms with van der Waals surface area (Å²) in [6.07, 6.45) is 1.33. The number of aromatic nitrogens is 3. The van der Waals surface area contributed by atoms with Crippen molar-refractivity contribution in [1.82, 2.24) is 25.8 Å². The number of aryl methyl sites for hydroxylation is 1. The smallest absolute Gasteiger partial charge is 0.291 e. The Kier molecular flexibility index (Phi) is 2.75. The van der Waals surface area contributed by atoms with Crippen molar-refractivity contribution < 1.29 is 4.79 Å². The number of rotatable bonds is 1. The number of amides is 1. The van der Waals surface area contributed by atoms with Gasteiger partial charge in [0.05, 0.1) is 6.20 Å². The summed E-state index contributed by atoms with van der Waals surface area (Å²) in [7, 11) is 1.61. The molecule has 0 saturated carbocycles. The van der Waals surface area contributed by atoms with Gasteiger partial charge in [-0.3, -0.25) is 15.6 Å². The summed E-state index contributed by atoms with van der Waals surface area (Å²) in [6, 6.07) is 0. The van der Waals surface area contributed by atoms with Crippen molar-refractivity contribution in [1.29, 1.82) is 0 Å². The van der Waals surface area contributed by atoms with Crippen LogP contribution in [0.1, 0.15) is 10.5 Å². The third-order valence-electron chi connectivity index (χ3n) is 1.13. The van der Waals surface area contributed by atoms with E-state index >= 15 is 0 Å². The van der Waals surface area contributed by atoms with Crippen molar-refractivity contribution in [2.24, 2.45) is 12.8 Å². The van der Waals surface area contributed by atoms with Crippen LogP contribution in [-0.2, 0) is 7.05 Å². The van der Waals surface area contributed by atoms with Crippen LogP contribution < -0.4 is 16.6 Å². The number of nitrogens with one attached hydrogen (secondary N) is 2. The topological polar surface area (TPSA) is 97.9 Å². The Balaban J connectivity index is 2.54. The van der Waals surface area contributed by atoms with E-state index in [1.165, 1.54) is 11.0 Å². The zero-order valence-electron chi connectivity index (χ0n) is 6.81. The normalized spacial score (nSPS) is 9.31. The highest BCUT2D eigenvalue weighted by atomic mass is 32.1. The number of nitrogens with zero attached hydrogens (tertiary/aromatic N) is 3. The predicted molar refractivity (Wildman–Crippen MR) is 48.4 cm³/mol. The lowest BCUT2D eigenvalue weighted by Gasteiger charge is -2.02. The first-order valence-electron chi connectivity index (χ1n) is 3.31. The Morgan fingerprint density at radius 3 is 2.85 bits per heavy atom. The van der Waals surface area contributed by atoms with Gasteiger partial charge in [0.2, 0.25) is 0 Å². The zero-order valence-corrected chi connectivity index (χ0v) is 7.63. The lowest BCUT2D eigenvalue weighted by molar-refractivity contribution is 0.0938. The zero-order chi connectivity index (χ0) is 9.84. The largest absolute Gasteiger partial charge is 0.375 e. The summed E-state index contributed by atoms with van der Waals surface area (Å²) in [6.45, 7) is 0. The average molecular weight is 200 g/mol. The molecule has 0 atom stereocenters. The second kappa shape index (κ2) is 3.81. The molecule has 7 nitrogen and oxygen atoms in total. The van der Waals surface area contributed by atoms with Crippen LogP contribution in [0.25, 0.3) is 0 Å². The molecule has 1 aromatic heterocycles. The lowest BCUT2D eigenvalue weighted by atomic mass is 10.5. The van der Waals surface area contributed by atoms with Crippen molar-refractivity contribution in [2.75, 3.05) is 0 Å². The molecule has 0 fully saturated rings. The third kappa shape index (κ3) is 2.67. The molecule has 70 valence electrons. The molecule has 4 N–H and O–H groups in total. The summed E-state index contributed by atoms with van der Waals surface area (Å²) in [5.74, 6) is -0.444. The molecule has 0 spiro atoms. The minimum absolute atomic E-state index is 0.0164. The Bertz CT molecular complexity index is 334. The van der Waals surface area contributed by atoms with Crippen LogP contribution in [0.4, 0.5) is 0 Å².